The standard InChI is InChI=1S/C61H118N2O5.CH4/c1-6-11-16-21-24-31-43-56(41-29-19-14-9-4)54-67-60(65)48-36-27-33-45-58(63(53-40-52-62-50-38-39-51-62)59(64)47-35-26-23-18-13-8-3)46-34-28-37-49-61(66)68-55-57(42-30-20-15-10-5)44-32-25-22-17-12-7-2;/h56-58H,6-55H2,1-5H3;1H4. The van der Waals surface area contributed by atoms with Gasteiger partial charge in [0.2, 0.25) is 5.91 Å². The van der Waals surface area contributed by atoms with Crippen LogP contribution in [0.15, 0.2) is 0 Å². The van der Waals surface area contributed by atoms with E-state index in [0.717, 1.165) is 83.7 Å². The molecule has 0 aromatic rings. The quantitative estimate of drug-likeness (QED) is 0.0446. The predicted octanol–water partition coefficient (Wildman–Crippen LogP) is 18.7. The molecule has 0 radical (unpaired) electrons. The van der Waals surface area contributed by atoms with E-state index in [-0.39, 0.29) is 25.4 Å². The monoisotopic (exact) mass is 975 g/mol. The van der Waals surface area contributed by atoms with Gasteiger partial charge >= 0.3 is 11.9 Å². The molecule has 0 aromatic heterocycles. The first-order valence-electron chi connectivity index (χ1n) is 30.7. The average Bonchev–Trinajstić information content (AvgIpc) is 3.87. The summed E-state index contributed by atoms with van der Waals surface area (Å²) in [6.07, 6.45) is 50.7. The fourth-order valence-electron chi connectivity index (χ4n) is 10.6. The lowest BCUT2D eigenvalue weighted by molar-refractivity contribution is -0.146. The molecule has 0 aliphatic carbocycles. The third-order valence-corrected chi connectivity index (χ3v) is 15.2. The lowest BCUT2D eigenvalue weighted by Crippen LogP contribution is -2.42. The van der Waals surface area contributed by atoms with Gasteiger partial charge in [0.15, 0.2) is 0 Å². The van der Waals surface area contributed by atoms with E-state index in [1.165, 1.54) is 206 Å². The van der Waals surface area contributed by atoms with Gasteiger partial charge in [-0.3, -0.25) is 14.4 Å². The third kappa shape index (κ3) is 41.5. The van der Waals surface area contributed by atoms with Crippen LogP contribution in [0.3, 0.4) is 0 Å². The van der Waals surface area contributed by atoms with Gasteiger partial charge in [0.1, 0.15) is 0 Å². The molecule has 0 aromatic carbocycles. The molecule has 1 amide bonds. The number of likely N-dealkylation sites (tertiary alicyclic amines) is 1. The van der Waals surface area contributed by atoms with Gasteiger partial charge in [0.05, 0.1) is 13.2 Å². The van der Waals surface area contributed by atoms with E-state index in [2.05, 4.69) is 44.4 Å². The summed E-state index contributed by atoms with van der Waals surface area (Å²) in [7, 11) is 0. The summed E-state index contributed by atoms with van der Waals surface area (Å²) in [5.74, 6) is 1.28. The zero-order valence-electron chi connectivity index (χ0n) is 46.5. The molecule has 0 spiro atoms. The zero-order valence-corrected chi connectivity index (χ0v) is 46.5. The van der Waals surface area contributed by atoms with E-state index < -0.39 is 0 Å². The first-order valence-corrected chi connectivity index (χ1v) is 30.7. The van der Waals surface area contributed by atoms with Crippen LogP contribution < -0.4 is 0 Å². The molecular formula is C62H122N2O5. The van der Waals surface area contributed by atoms with Gasteiger partial charge in [0, 0.05) is 31.8 Å². The fourth-order valence-corrected chi connectivity index (χ4v) is 10.6. The summed E-state index contributed by atoms with van der Waals surface area (Å²) in [6, 6.07) is 0.214. The van der Waals surface area contributed by atoms with Gasteiger partial charge in [-0.2, -0.15) is 0 Å². The van der Waals surface area contributed by atoms with Gasteiger partial charge in [-0.15, -0.1) is 0 Å². The number of carbonyl (C=O) groups excluding carboxylic acids is 3. The van der Waals surface area contributed by atoms with Crippen molar-refractivity contribution >= 4 is 17.8 Å². The molecule has 0 saturated carbocycles. The maximum Gasteiger partial charge on any atom is 0.305 e. The van der Waals surface area contributed by atoms with Crippen LogP contribution in [0.5, 0.6) is 0 Å². The highest BCUT2D eigenvalue weighted by Crippen LogP contribution is 2.24. The van der Waals surface area contributed by atoms with Crippen molar-refractivity contribution in [2.45, 2.75) is 331 Å². The maximum absolute atomic E-state index is 14.1. The van der Waals surface area contributed by atoms with E-state index in [0.29, 0.717) is 50.2 Å². The summed E-state index contributed by atoms with van der Waals surface area (Å²) < 4.78 is 11.9. The average molecular weight is 976 g/mol. The number of esters is 2. The molecule has 1 saturated heterocycles. The number of carbonyl (C=O) groups is 3. The number of hydrogen-bond donors (Lipinski definition) is 0. The van der Waals surface area contributed by atoms with Crippen LogP contribution in [0, 0.1) is 11.8 Å². The molecule has 410 valence electrons. The van der Waals surface area contributed by atoms with E-state index in [9.17, 15) is 14.4 Å². The van der Waals surface area contributed by atoms with Crippen molar-refractivity contribution in [1.29, 1.82) is 0 Å². The first-order chi connectivity index (χ1) is 33.4. The SMILES string of the molecule is C.CCCCCCCCC(=O)N(CCCN1CCCC1)C(CCCCCC(=O)OCC(CCCCCC)CCCCCCCC)CCCCCC(=O)OCC(CCCCCC)CCCCCCCC. The van der Waals surface area contributed by atoms with Crippen LogP contribution in [-0.2, 0) is 23.9 Å². The second kappa shape index (κ2) is 51.3. The van der Waals surface area contributed by atoms with Crippen LogP contribution >= 0.6 is 0 Å². The minimum atomic E-state index is -0.0282. The van der Waals surface area contributed by atoms with E-state index in [4.69, 9.17) is 9.47 Å². The lowest BCUT2D eigenvalue weighted by atomic mass is 9.95. The van der Waals surface area contributed by atoms with Crippen LogP contribution in [0.2, 0.25) is 0 Å². The molecule has 1 aliphatic rings. The van der Waals surface area contributed by atoms with E-state index >= 15 is 0 Å². The number of unbranched alkanes of at least 4 members (excludes halogenated alkanes) is 25. The Bertz CT molecular complexity index is 1050. The van der Waals surface area contributed by atoms with Gasteiger partial charge in [0.25, 0.3) is 0 Å². The first kappa shape index (κ1) is 67.4. The number of hydrogen-bond acceptors (Lipinski definition) is 6. The highest BCUT2D eigenvalue weighted by Gasteiger charge is 2.24. The molecule has 1 fully saturated rings. The van der Waals surface area contributed by atoms with Crippen molar-refractivity contribution in [3.8, 4) is 0 Å². The summed E-state index contributed by atoms with van der Waals surface area (Å²) in [6.45, 7) is 16.8. The van der Waals surface area contributed by atoms with Crippen molar-refractivity contribution in [3.63, 3.8) is 0 Å². The summed E-state index contributed by atoms with van der Waals surface area (Å²) in [4.78, 5) is 45.1. The minimum absolute atomic E-state index is 0. The number of ether oxygens (including phenoxy) is 2. The predicted molar refractivity (Wildman–Crippen MR) is 299 cm³/mol. The minimum Gasteiger partial charge on any atom is -0.465 e. The molecule has 69 heavy (non-hydrogen) atoms. The van der Waals surface area contributed by atoms with Gasteiger partial charge in [-0.25, -0.2) is 0 Å². The van der Waals surface area contributed by atoms with Crippen molar-refractivity contribution in [3.05, 3.63) is 0 Å². The topological polar surface area (TPSA) is 76.2 Å². The summed E-state index contributed by atoms with van der Waals surface area (Å²) in [5, 5.41) is 0. The Morgan fingerprint density at radius 3 is 1.13 bits per heavy atom. The van der Waals surface area contributed by atoms with Crippen LogP contribution in [0.25, 0.3) is 0 Å². The molecule has 7 heteroatoms. The molecule has 2 unspecified atom stereocenters. The van der Waals surface area contributed by atoms with Crippen molar-refractivity contribution in [1.82, 2.24) is 9.80 Å². The third-order valence-electron chi connectivity index (χ3n) is 15.2. The molecular weight excluding hydrogens is 853 g/mol. The molecule has 1 rings (SSSR count). The van der Waals surface area contributed by atoms with Crippen LogP contribution in [-0.4, -0.2) is 73.1 Å². The number of nitrogens with zero attached hydrogens (tertiary/aromatic N) is 2. The zero-order chi connectivity index (χ0) is 49.4. The lowest BCUT2D eigenvalue weighted by Gasteiger charge is -2.33. The maximum atomic E-state index is 14.1. The van der Waals surface area contributed by atoms with Gasteiger partial charge in [-0.1, -0.05) is 228 Å². The van der Waals surface area contributed by atoms with Gasteiger partial charge < -0.3 is 19.3 Å². The fraction of sp³-hybridized carbons (Fsp3) is 0.952. The van der Waals surface area contributed by atoms with Crippen molar-refractivity contribution < 1.29 is 23.9 Å². The van der Waals surface area contributed by atoms with Crippen molar-refractivity contribution in [2.75, 3.05) is 39.4 Å². The smallest absolute Gasteiger partial charge is 0.305 e. The van der Waals surface area contributed by atoms with E-state index in [1.54, 1.807) is 0 Å². The Kier molecular flexibility index (Phi) is 50.1. The normalized spacial score (nSPS) is 14.1. The van der Waals surface area contributed by atoms with Gasteiger partial charge in [-0.05, 0) is 109 Å². The molecule has 0 bridgehead atoms. The molecule has 2 atom stereocenters. The summed E-state index contributed by atoms with van der Waals surface area (Å²) in [5.41, 5.74) is 0. The number of amides is 1. The highest BCUT2D eigenvalue weighted by molar-refractivity contribution is 5.76. The Labute approximate surface area is 431 Å². The Morgan fingerprint density at radius 1 is 0.406 bits per heavy atom. The van der Waals surface area contributed by atoms with Crippen molar-refractivity contribution in [2.24, 2.45) is 11.8 Å². The second-order valence-corrected chi connectivity index (χ2v) is 21.8. The largest absolute Gasteiger partial charge is 0.465 e. The molecule has 0 N–H and O–H groups in total. The summed E-state index contributed by atoms with van der Waals surface area (Å²) >= 11 is 0. The molecule has 1 heterocycles. The van der Waals surface area contributed by atoms with Crippen LogP contribution in [0.4, 0.5) is 0 Å². The molecule has 1 aliphatic heterocycles. The highest BCUT2D eigenvalue weighted by atomic mass is 16.5. The Hall–Kier alpha value is -1.63. The van der Waals surface area contributed by atoms with Crippen LogP contribution in [0.1, 0.15) is 325 Å². The van der Waals surface area contributed by atoms with E-state index in [1.807, 2.05) is 0 Å². The second-order valence-electron chi connectivity index (χ2n) is 21.8. The number of rotatable bonds is 52. The Balaban J connectivity index is 0.0000462. The molecule has 7 nitrogen and oxygen atoms in total. The Morgan fingerprint density at radius 2 is 0.725 bits per heavy atom.